The predicted molar refractivity (Wildman–Crippen MR) is 55.2 cm³/mol. The number of rotatable bonds is 3. The smallest absolute Gasteiger partial charge is 0.130 e. The van der Waals surface area contributed by atoms with Crippen LogP contribution in [-0.4, -0.2) is 5.88 Å². The number of benzene rings is 1. The third-order valence-electron chi connectivity index (χ3n) is 1.59. The molecule has 0 unspecified atom stereocenters. The molecule has 1 aromatic rings. The van der Waals surface area contributed by atoms with Crippen LogP contribution in [0.2, 0.25) is 0 Å². The number of nitrogen functional groups attached to an aromatic ring is 1. The van der Waals surface area contributed by atoms with E-state index in [4.69, 9.17) is 17.3 Å². The molecule has 0 heterocycles. The van der Waals surface area contributed by atoms with Crippen molar-refractivity contribution >= 4 is 23.4 Å². The number of hydrogen-bond acceptors (Lipinski definition) is 1. The normalized spacial score (nSPS) is 10.9. The summed E-state index contributed by atoms with van der Waals surface area (Å²) in [6.45, 7) is 0. The van der Waals surface area contributed by atoms with E-state index in [-0.39, 0.29) is 5.82 Å². The Morgan fingerprint density at radius 3 is 2.92 bits per heavy atom. The van der Waals surface area contributed by atoms with Crippen LogP contribution < -0.4 is 5.73 Å². The maximum atomic E-state index is 13.1. The van der Waals surface area contributed by atoms with Crippen LogP contribution in [0.15, 0.2) is 24.3 Å². The van der Waals surface area contributed by atoms with Gasteiger partial charge in [0.2, 0.25) is 0 Å². The van der Waals surface area contributed by atoms with Gasteiger partial charge in [0.05, 0.1) is 0 Å². The van der Waals surface area contributed by atoms with Gasteiger partial charge in [-0.3, -0.25) is 0 Å². The fraction of sp³-hybridized carbons (Fsp3) is 0.200. The third kappa shape index (κ3) is 3.07. The van der Waals surface area contributed by atoms with E-state index in [9.17, 15) is 4.39 Å². The molecule has 0 aliphatic heterocycles. The van der Waals surface area contributed by atoms with Crippen LogP contribution in [0.1, 0.15) is 12.0 Å². The Morgan fingerprint density at radius 2 is 2.23 bits per heavy atom. The summed E-state index contributed by atoms with van der Waals surface area (Å²) in [4.78, 5) is 0. The first-order chi connectivity index (χ1) is 6.24. The van der Waals surface area contributed by atoms with Gasteiger partial charge < -0.3 is 5.73 Å². The molecule has 0 bridgehead atoms. The van der Waals surface area contributed by atoms with Crippen molar-refractivity contribution in [1.82, 2.24) is 0 Å². The first-order valence-corrected chi connectivity index (χ1v) is 4.55. The molecular formula is C10H11ClFN. The summed E-state index contributed by atoms with van der Waals surface area (Å²) < 4.78 is 13.1. The molecule has 0 radical (unpaired) electrons. The molecule has 0 aliphatic rings. The molecular weight excluding hydrogens is 189 g/mol. The van der Waals surface area contributed by atoms with Gasteiger partial charge in [0, 0.05) is 17.1 Å². The van der Waals surface area contributed by atoms with Gasteiger partial charge in [-0.2, -0.15) is 0 Å². The van der Waals surface area contributed by atoms with E-state index >= 15 is 0 Å². The molecule has 3 heteroatoms. The van der Waals surface area contributed by atoms with Crippen molar-refractivity contribution in [2.75, 3.05) is 11.6 Å². The fourth-order valence-corrected chi connectivity index (χ4v) is 1.09. The van der Waals surface area contributed by atoms with Crippen molar-refractivity contribution in [1.29, 1.82) is 0 Å². The number of alkyl halides is 1. The molecule has 0 aliphatic carbocycles. The van der Waals surface area contributed by atoms with Gasteiger partial charge in [-0.05, 0) is 24.6 Å². The molecule has 0 saturated carbocycles. The van der Waals surface area contributed by atoms with E-state index in [0.717, 1.165) is 6.42 Å². The molecule has 1 nitrogen and oxygen atoms in total. The SMILES string of the molecule is Nc1ccc(F)c(C=CCCCl)c1. The molecule has 0 amide bonds. The minimum absolute atomic E-state index is 0.264. The third-order valence-corrected chi connectivity index (χ3v) is 1.81. The summed E-state index contributed by atoms with van der Waals surface area (Å²) in [5, 5.41) is 0. The van der Waals surface area contributed by atoms with Crippen LogP contribution in [-0.2, 0) is 0 Å². The number of halogens is 2. The highest BCUT2D eigenvalue weighted by Crippen LogP contribution is 2.13. The second kappa shape index (κ2) is 4.87. The zero-order valence-corrected chi connectivity index (χ0v) is 7.89. The largest absolute Gasteiger partial charge is 0.399 e. The molecule has 2 N–H and O–H groups in total. The second-order valence-electron chi connectivity index (χ2n) is 2.66. The number of nitrogens with two attached hydrogens (primary N) is 1. The highest BCUT2D eigenvalue weighted by molar-refractivity contribution is 6.17. The Bertz CT molecular complexity index is 310. The fourth-order valence-electron chi connectivity index (χ4n) is 0.963. The van der Waals surface area contributed by atoms with Gasteiger partial charge in [-0.1, -0.05) is 12.2 Å². The van der Waals surface area contributed by atoms with Crippen LogP contribution in [0.25, 0.3) is 6.08 Å². The summed E-state index contributed by atoms with van der Waals surface area (Å²) in [6, 6.07) is 4.49. The van der Waals surface area contributed by atoms with Crippen molar-refractivity contribution in [3.05, 3.63) is 35.7 Å². The van der Waals surface area contributed by atoms with Crippen molar-refractivity contribution < 1.29 is 4.39 Å². The van der Waals surface area contributed by atoms with Gasteiger partial charge in [0.1, 0.15) is 5.82 Å². The van der Waals surface area contributed by atoms with Gasteiger partial charge in [0.15, 0.2) is 0 Å². The highest BCUT2D eigenvalue weighted by atomic mass is 35.5. The lowest BCUT2D eigenvalue weighted by atomic mass is 10.1. The first kappa shape index (κ1) is 10.1. The monoisotopic (exact) mass is 199 g/mol. The minimum atomic E-state index is -0.264. The Labute approximate surface area is 82.0 Å². The van der Waals surface area contributed by atoms with E-state index in [1.54, 1.807) is 12.1 Å². The maximum Gasteiger partial charge on any atom is 0.130 e. The Hall–Kier alpha value is -1.02. The lowest BCUT2D eigenvalue weighted by Gasteiger charge is -1.98. The van der Waals surface area contributed by atoms with Crippen molar-refractivity contribution in [3.8, 4) is 0 Å². The second-order valence-corrected chi connectivity index (χ2v) is 3.04. The van der Waals surface area contributed by atoms with E-state index in [1.165, 1.54) is 12.1 Å². The van der Waals surface area contributed by atoms with E-state index < -0.39 is 0 Å². The zero-order valence-electron chi connectivity index (χ0n) is 7.13. The predicted octanol–water partition coefficient (Wildman–Crippen LogP) is 3.05. The van der Waals surface area contributed by atoms with Crippen LogP contribution in [0.5, 0.6) is 0 Å². The molecule has 0 atom stereocenters. The molecule has 70 valence electrons. The van der Waals surface area contributed by atoms with Crippen LogP contribution >= 0.6 is 11.6 Å². The average Bonchev–Trinajstić information content (AvgIpc) is 2.11. The summed E-state index contributed by atoms with van der Waals surface area (Å²) in [5.41, 5.74) is 6.57. The molecule has 1 aromatic carbocycles. The maximum absolute atomic E-state index is 13.1. The average molecular weight is 200 g/mol. The van der Waals surface area contributed by atoms with Crippen molar-refractivity contribution in [3.63, 3.8) is 0 Å². The number of anilines is 1. The molecule has 1 rings (SSSR count). The van der Waals surface area contributed by atoms with Gasteiger partial charge >= 0.3 is 0 Å². The van der Waals surface area contributed by atoms with Crippen molar-refractivity contribution in [2.24, 2.45) is 0 Å². The highest BCUT2D eigenvalue weighted by Gasteiger charge is 1.97. The molecule has 13 heavy (non-hydrogen) atoms. The van der Waals surface area contributed by atoms with E-state index in [0.29, 0.717) is 17.1 Å². The van der Waals surface area contributed by atoms with E-state index in [2.05, 4.69) is 0 Å². The van der Waals surface area contributed by atoms with Crippen LogP contribution in [0, 0.1) is 5.82 Å². The summed E-state index contributed by atoms with van der Waals surface area (Å²) in [6.07, 6.45) is 4.24. The lowest BCUT2D eigenvalue weighted by molar-refractivity contribution is 0.625. The molecule has 0 spiro atoms. The molecule has 0 saturated heterocycles. The van der Waals surface area contributed by atoms with Gasteiger partial charge in [-0.15, -0.1) is 11.6 Å². The lowest BCUT2D eigenvalue weighted by Crippen LogP contribution is -1.88. The Morgan fingerprint density at radius 1 is 1.46 bits per heavy atom. The molecule has 0 fully saturated rings. The summed E-state index contributed by atoms with van der Waals surface area (Å²) >= 11 is 5.47. The first-order valence-electron chi connectivity index (χ1n) is 4.01. The van der Waals surface area contributed by atoms with Crippen molar-refractivity contribution in [2.45, 2.75) is 6.42 Å². The zero-order chi connectivity index (χ0) is 9.68. The van der Waals surface area contributed by atoms with Gasteiger partial charge in [-0.25, -0.2) is 4.39 Å². The van der Waals surface area contributed by atoms with Crippen LogP contribution in [0.3, 0.4) is 0 Å². The quantitative estimate of drug-likeness (QED) is 0.588. The summed E-state index contributed by atoms with van der Waals surface area (Å²) in [5.74, 6) is 0.278. The van der Waals surface area contributed by atoms with Gasteiger partial charge in [0.25, 0.3) is 0 Å². The topological polar surface area (TPSA) is 26.0 Å². The Balaban J connectivity index is 2.81. The van der Waals surface area contributed by atoms with E-state index in [1.807, 2.05) is 6.08 Å². The number of hydrogen-bond donors (Lipinski definition) is 1. The Kier molecular flexibility index (Phi) is 3.77. The molecule has 0 aromatic heterocycles. The summed E-state index contributed by atoms with van der Waals surface area (Å²) in [7, 11) is 0. The standard InChI is InChI=1S/C10H11ClFN/c11-6-2-1-3-8-7-9(13)4-5-10(8)12/h1,3-5,7H,2,6,13H2. The number of allylic oxidation sites excluding steroid dienone is 1. The minimum Gasteiger partial charge on any atom is -0.399 e. The van der Waals surface area contributed by atoms with Crippen LogP contribution in [0.4, 0.5) is 10.1 Å².